The van der Waals surface area contributed by atoms with E-state index in [4.69, 9.17) is 0 Å². The summed E-state index contributed by atoms with van der Waals surface area (Å²) in [4.78, 5) is 12.6. The largest absolute Gasteiger partial charge is 0.360 e. The quantitative estimate of drug-likeness (QED) is 0.436. The topological polar surface area (TPSA) is 73.2 Å². The van der Waals surface area contributed by atoms with Crippen LogP contribution >= 0.6 is 0 Å². The number of hydrogen-bond acceptors (Lipinski definition) is 2. The van der Waals surface area contributed by atoms with Crippen LogP contribution in [0.15, 0.2) is 48.8 Å². The molecule has 0 spiro atoms. The fraction of sp³-hybridized carbons (Fsp3) is 0. The van der Waals surface area contributed by atoms with Crippen molar-refractivity contribution in [1.82, 2.24) is 25.1 Å². The SMILES string of the molecule is c1ccc2c(-c3nc4cc5c[nH][nH]c5cc4n3)c[nH]c2c1. The summed E-state index contributed by atoms with van der Waals surface area (Å²) in [6.45, 7) is 0. The van der Waals surface area contributed by atoms with Gasteiger partial charge in [0, 0.05) is 34.2 Å². The fourth-order valence-corrected chi connectivity index (χ4v) is 2.82. The minimum absolute atomic E-state index is 0.763. The number of aromatic amines is 3. The third-order valence-electron chi connectivity index (χ3n) is 3.86. The van der Waals surface area contributed by atoms with Crippen molar-refractivity contribution in [2.45, 2.75) is 0 Å². The van der Waals surface area contributed by atoms with Crippen molar-refractivity contribution in [1.29, 1.82) is 0 Å². The zero-order chi connectivity index (χ0) is 13.8. The van der Waals surface area contributed by atoms with E-state index in [9.17, 15) is 0 Å². The smallest absolute Gasteiger partial charge is 0.162 e. The summed E-state index contributed by atoms with van der Waals surface area (Å²) >= 11 is 0. The van der Waals surface area contributed by atoms with Gasteiger partial charge < -0.3 is 15.2 Å². The molecular weight excluding hydrogens is 262 g/mol. The van der Waals surface area contributed by atoms with Crippen molar-refractivity contribution in [3.05, 3.63) is 48.8 Å². The summed E-state index contributed by atoms with van der Waals surface area (Å²) in [7, 11) is 0. The van der Waals surface area contributed by atoms with Gasteiger partial charge in [-0.25, -0.2) is 9.97 Å². The molecule has 0 unspecified atom stereocenters. The van der Waals surface area contributed by atoms with Crippen molar-refractivity contribution >= 4 is 32.8 Å². The van der Waals surface area contributed by atoms with Crippen molar-refractivity contribution in [2.24, 2.45) is 0 Å². The third kappa shape index (κ3) is 1.45. The maximum atomic E-state index is 4.68. The van der Waals surface area contributed by atoms with Crippen LogP contribution in [0.25, 0.3) is 44.2 Å². The Morgan fingerprint density at radius 3 is 2.67 bits per heavy atom. The molecule has 2 aromatic carbocycles. The van der Waals surface area contributed by atoms with E-state index in [0.717, 1.165) is 44.2 Å². The number of para-hydroxylation sites is 1. The zero-order valence-electron chi connectivity index (χ0n) is 11.0. The molecule has 3 aromatic heterocycles. The van der Waals surface area contributed by atoms with E-state index in [0.29, 0.717) is 0 Å². The highest BCUT2D eigenvalue weighted by Crippen LogP contribution is 2.29. The van der Waals surface area contributed by atoms with Gasteiger partial charge in [0.25, 0.3) is 0 Å². The lowest BCUT2D eigenvalue weighted by Crippen LogP contribution is -1.77. The van der Waals surface area contributed by atoms with Crippen LogP contribution in [0.4, 0.5) is 0 Å². The molecule has 5 heteroatoms. The first kappa shape index (κ1) is 10.7. The number of H-pyrrole nitrogens is 3. The van der Waals surface area contributed by atoms with Gasteiger partial charge in [0.05, 0.1) is 16.6 Å². The predicted molar refractivity (Wildman–Crippen MR) is 83.0 cm³/mol. The van der Waals surface area contributed by atoms with Crippen LogP contribution in [-0.4, -0.2) is 25.1 Å². The molecule has 3 N–H and O–H groups in total. The number of fused-ring (bicyclic) bond motifs is 3. The number of nitrogens with one attached hydrogen (secondary N) is 3. The molecule has 0 fully saturated rings. The number of imidazole rings is 1. The minimum Gasteiger partial charge on any atom is -0.360 e. The molecular formula is C16H11N5. The van der Waals surface area contributed by atoms with Crippen LogP contribution in [0.1, 0.15) is 0 Å². The second kappa shape index (κ2) is 3.73. The molecule has 0 aliphatic rings. The van der Waals surface area contributed by atoms with Crippen LogP contribution in [0.3, 0.4) is 0 Å². The molecule has 0 amide bonds. The standard InChI is InChI=1S/C16H11N5/c1-2-4-12-10(3-1)11(8-17-12)16-19-14-5-9-7-18-21-13(9)6-15(14)20-16/h1-8,17-18,21H. The Labute approximate surface area is 119 Å². The first-order valence-corrected chi connectivity index (χ1v) is 6.78. The first-order valence-electron chi connectivity index (χ1n) is 6.78. The van der Waals surface area contributed by atoms with Crippen LogP contribution in [-0.2, 0) is 0 Å². The van der Waals surface area contributed by atoms with Gasteiger partial charge >= 0.3 is 0 Å². The predicted octanol–water partition coefficient (Wildman–Crippen LogP) is 3.59. The lowest BCUT2D eigenvalue weighted by molar-refractivity contribution is 1.12. The molecule has 5 aromatic rings. The summed E-state index contributed by atoms with van der Waals surface area (Å²) in [5.41, 5.74) is 4.99. The molecule has 0 atom stereocenters. The van der Waals surface area contributed by atoms with Crippen molar-refractivity contribution in [3.63, 3.8) is 0 Å². The van der Waals surface area contributed by atoms with E-state index in [1.54, 1.807) is 0 Å². The molecule has 0 aliphatic heterocycles. The van der Waals surface area contributed by atoms with Crippen molar-refractivity contribution in [3.8, 4) is 11.4 Å². The van der Waals surface area contributed by atoms with Crippen molar-refractivity contribution < 1.29 is 0 Å². The van der Waals surface area contributed by atoms with E-state index in [1.165, 1.54) is 0 Å². The minimum atomic E-state index is 0.763. The monoisotopic (exact) mass is 273 g/mol. The van der Waals surface area contributed by atoms with E-state index < -0.39 is 0 Å². The lowest BCUT2D eigenvalue weighted by atomic mass is 10.2. The molecule has 5 rings (SSSR count). The maximum absolute atomic E-state index is 4.68. The second-order valence-corrected chi connectivity index (χ2v) is 5.14. The second-order valence-electron chi connectivity index (χ2n) is 5.14. The third-order valence-corrected chi connectivity index (χ3v) is 3.86. The van der Waals surface area contributed by atoms with Gasteiger partial charge in [0.15, 0.2) is 5.82 Å². The van der Waals surface area contributed by atoms with Gasteiger partial charge in [-0.1, -0.05) is 18.2 Å². The summed E-state index contributed by atoms with van der Waals surface area (Å²) in [6, 6.07) is 12.3. The Balaban J connectivity index is 1.80. The maximum Gasteiger partial charge on any atom is 0.162 e. The molecule has 21 heavy (non-hydrogen) atoms. The molecule has 0 radical (unpaired) electrons. The normalized spacial score (nSPS) is 11.8. The Hall–Kier alpha value is -3.08. The summed E-state index contributed by atoms with van der Waals surface area (Å²) in [5, 5.41) is 8.32. The average Bonchev–Trinajstić information content (AvgIpc) is 3.21. The Kier molecular flexibility index (Phi) is 1.90. The highest BCUT2D eigenvalue weighted by atomic mass is 15.1. The van der Waals surface area contributed by atoms with Crippen molar-refractivity contribution in [2.75, 3.05) is 0 Å². The van der Waals surface area contributed by atoms with Gasteiger partial charge in [-0.2, -0.15) is 0 Å². The van der Waals surface area contributed by atoms with E-state index >= 15 is 0 Å². The lowest BCUT2D eigenvalue weighted by Gasteiger charge is -1.92. The van der Waals surface area contributed by atoms with Crippen LogP contribution in [0, 0.1) is 0 Å². The highest BCUT2D eigenvalue weighted by Gasteiger charge is 2.12. The summed E-state index contributed by atoms with van der Waals surface area (Å²) in [5.74, 6) is 0.763. The van der Waals surface area contributed by atoms with E-state index in [1.807, 2.05) is 36.7 Å². The summed E-state index contributed by atoms with van der Waals surface area (Å²) < 4.78 is 0. The van der Waals surface area contributed by atoms with E-state index in [-0.39, 0.29) is 0 Å². The molecule has 0 aliphatic carbocycles. The Morgan fingerprint density at radius 1 is 0.857 bits per heavy atom. The fourth-order valence-electron chi connectivity index (χ4n) is 2.82. The van der Waals surface area contributed by atoms with Gasteiger partial charge in [0.1, 0.15) is 0 Å². The Morgan fingerprint density at radius 2 is 1.71 bits per heavy atom. The Bertz CT molecular complexity index is 1050. The van der Waals surface area contributed by atoms with Gasteiger partial charge in [-0.3, -0.25) is 0 Å². The number of aromatic nitrogens is 5. The van der Waals surface area contributed by atoms with Gasteiger partial charge in [0.2, 0.25) is 0 Å². The number of rotatable bonds is 1. The van der Waals surface area contributed by atoms with Gasteiger partial charge in [-0.05, 0) is 18.2 Å². The molecule has 0 saturated carbocycles. The van der Waals surface area contributed by atoms with Crippen LogP contribution < -0.4 is 0 Å². The average molecular weight is 273 g/mol. The first-order chi connectivity index (χ1) is 10.4. The number of nitrogens with zero attached hydrogens (tertiary/aromatic N) is 2. The molecule has 100 valence electrons. The molecule has 0 bridgehead atoms. The number of benzene rings is 2. The van der Waals surface area contributed by atoms with Crippen LogP contribution in [0.2, 0.25) is 0 Å². The van der Waals surface area contributed by atoms with E-state index in [2.05, 4.69) is 37.3 Å². The summed E-state index contributed by atoms with van der Waals surface area (Å²) in [6.07, 6.45) is 3.90. The zero-order valence-corrected chi connectivity index (χ0v) is 11.0. The van der Waals surface area contributed by atoms with Crippen LogP contribution in [0.5, 0.6) is 0 Å². The molecule has 5 nitrogen and oxygen atoms in total. The molecule has 3 heterocycles. The number of hydrogen-bond donors (Lipinski definition) is 3. The van der Waals surface area contributed by atoms with Gasteiger partial charge in [-0.15, -0.1) is 0 Å². The highest BCUT2D eigenvalue weighted by molar-refractivity contribution is 5.98. The molecule has 0 saturated heterocycles.